The zero-order chi connectivity index (χ0) is 14.7. The van der Waals surface area contributed by atoms with E-state index in [4.69, 9.17) is 27.2 Å². The molecule has 5 nitrogen and oxygen atoms in total. The molecule has 110 valence electrons. The largest absolute Gasteiger partial charge is 0.495 e. The van der Waals surface area contributed by atoms with Gasteiger partial charge in [0.1, 0.15) is 11.8 Å². The van der Waals surface area contributed by atoms with Crippen molar-refractivity contribution in [1.82, 2.24) is 0 Å². The maximum Gasteiger partial charge on any atom is 0.320 e. The summed E-state index contributed by atoms with van der Waals surface area (Å²) in [6.45, 7) is 1.97. The topological polar surface area (TPSA) is 75.8 Å². The Hall–Kier alpha value is -1.46. The molecule has 20 heavy (non-hydrogen) atoms. The van der Waals surface area contributed by atoms with Crippen LogP contribution < -0.4 is 15.4 Å². The molecule has 2 rings (SSSR count). The molecule has 1 aliphatic heterocycles. The van der Waals surface area contributed by atoms with Crippen LogP contribution in [0.4, 0.5) is 5.69 Å². The van der Waals surface area contributed by atoms with Gasteiger partial charge in [-0.05, 0) is 37.0 Å². The molecule has 0 saturated carbocycles. The van der Waals surface area contributed by atoms with Crippen molar-refractivity contribution >= 4 is 23.3 Å². The van der Waals surface area contributed by atoms with Crippen LogP contribution in [0.1, 0.15) is 18.4 Å². The lowest BCUT2D eigenvalue weighted by atomic mass is 10.1. The summed E-state index contributed by atoms with van der Waals surface area (Å²) in [5, 5.41) is 9.41. The quantitative estimate of drug-likeness (QED) is 0.868. The van der Waals surface area contributed by atoms with Crippen molar-refractivity contribution in [1.29, 1.82) is 0 Å². The van der Waals surface area contributed by atoms with Crippen molar-refractivity contribution < 1.29 is 14.6 Å². The first-order valence-corrected chi connectivity index (χ1v) is 7.00. The van der Waals surface area contributed by atoms with Gasteiger partial charge in [-0.1, -0.05) is 11.6 Å². The Labute approximate surface area is 123 Å². The predicted octanol–water partition coefficient (Wildman–Crippen LogP) is 1.90. The molecule has 1 fully saturated rings. The number of rotatable bonds is 5. The molecule has 1 saturated heterocycles. The van der Waals surface area contributed by atoms with Crippen molar-refractivity contribution in [3.63, 3.8) is 0 Å². The number of nitrogens with two attached hydrogens (primary N) is 1. The van der Waals surface area contributed by atoms with E-state index in [1.165, 1.54) is 0 Å². The van der Waals surface area contributed by atoms with E-state index >= 15 is 0 Å². The van der Waals surface area contributed by atoms with Crippen molar-refractivity contribution in [2.24, 2.45) is 5.73 Å². The highest BCUT2D eigenvalue weighted by molar-refractivity contribution is 6.31. The third-order valence-corrected chi connectivity index (χ3v) is 3.90. The zero-order valence-corrected chi connectivity index (χ0v) is 12.2. The number of aliphatic carboxylic acids is 1. The molecule has 1 aromatic carbocycles. The predicted molar refractivity (Wildman–Crippen MR) is 78.8 cm³/mol. The monoisotopic (exact) mass is 298 g/mol. The molecular weight excluding hydrogens is 280 g/mol. The minimum absolute atomic E-state index is 0.185. The molecule has 1 aliphatic rings. The lowest BCUT2D eigenvalue weighted by molar-refractivity contribution is -0.138. The summed E-state index contributed by atoms with van der Waals surface area (Å²) in [4.78, 5) is 13.1. The number of benzene rings is 1. The number of carboxylic acids is 1. The van der Waals surface area contributed by atoms with Crippen LogP contribution in [-0.2, 0) is 11.2 Å². The van der Waals surface area contributed by atoms with E-state index in [1.807, 2.05) is 6.07 Å². The van der Waals surface area contributed by atoms with Gasteiger partial charge >= 0.3 is 5.97 Å². The van der Waals surface area contributed by atoms with Gasteiger partial charge in [0.2, 0.25) is 0 Å². The van der Waals surface area contributed by atoms with Gasteiger partial charge < -0.3 is 20.5 Å². The molecule has 1 heterocycles. The molecular formula is C14H19ClN2O3. The van der Waals surface area contributed by atoms with Crippen molar-refractivity contribution in [2.45, 2.75) is 25.3 Å². The highest BCUT2D eigenvalue weighted by atomic mass is 35.5. The second-order valence-electron chi connectivity index (χ2n) is 4.96. The molecule has 1 aromatic rings. The van der Waals surface area contributed by atoms with Gasteiger partial charge in [0.15, 0.2) is 0 Å². The maximum atomic E-state index is 10.8. The van der Waals surface area contributed by atoms with Gasteiger partial charge in [0, 0.05) is 18.1 Å². The summed E-state index contributed by atoms with van der Waals surface area (Å²) in [5.41, 5.74) is 7.22. The van der Waals surface area contributed by atoms with E-state index in [1.54, 1.807) is 13.2 Å². The lowest BCUT2D eigenvalue weighted by Gasteiger charge is -2.22. The molecule has 1 unspecified atom stereocenters. The number of methoxy groups -OCH3 is 1. The number of carboxylic acid groups (broad SMARTS) is 1. The summed E-state index contributed by atoms with van der Waals surface area (Å²) in [5.74, 6) is -0.326. The van der Waals surface area contributed by atoms with Crippen molar-refractivity contribution in [3.05, 3.63) is 22.7 Å². The average molecular weight is 299 g/mol. The van der Waals surface area contributed by atoms with Crippen LogP contribution in [-0.4, -0.2) is 37.3 Å². The molecule has 0 aliphatic carbocycles. The van der Waals surface area contributed by atoms with E-state index < -0.39 is 12.0 Å². The van der Waals surface area contributed by atoms with Crippen LogP contribution in [0.5, 0.6) is 5.75 Å². The summed E-state index contributed by atoms with van der Waals surface area (Å²) in [6, 6.07) is 2.67. The first kappa shape index (κ1) is 14.9. The van der Waals surface area contributed by atoms with Crippen LogP contribution in [0, 0.1) is 0 Å². The van der Waals surface area contributed by atoms with E-state index in [0.29, 0.717) is 16.3 Å². The normalized spacial score (nSPS) is 16.2. The molecule has 3 N–H and O–H groups in total. The van der Waals surface area contributed by atoms with Gasteiger partial charge in [0.25, 0.3) is 0 Å². The van der Waals surface area contributed by atoms with Gasteiger partial charge in [-0.2, -0.15) is 0 Å². The van der Waals surface area contributed by atoms with Crippen LogP contribution >= 0.6 is 11.6 Å². The van der Waals surface area contributed by atoms with E-state index in [0.717, 1.165) is 31.6 Å². The summed E-state index contributed by atoms with van der Waals surface area (Å²) >= 11 is 6.25. The second kappa shape index (κ2) is 6.33. The molecule has 0 spiro atoms. The Morgan fingerprint density at radius 3 is 2.70 bits per heavy atom. The maximum absolute atomic E-state index is 10.8. The van der Waals surface area contributed by atoms with E-state index in [2.05, 4.69) is 4.90 Å². The first-order chi connectivity index (χ1) is 9.52. The molecule has 0 bridgehead atoms. The van der Waals surface area contributed by atoms with Crippen molar-refractivity contribution in [2.75, 3.05) is 25.1 Å². The van der Waals surface area contributed by atoms with Crippen molar-refractivity contribution in [3.8, 4) is 5.75 Å². The Kier molecular flexibility index (Phi) is 4.73. The fraction of sp³-hybridized carbons (Fsp3) is 0.500. The zero-order valence-electron chi connectivity index (χ0n) is 11.4. The summed E-state index contributed by atoms with van der Waals surface area (Å²) in [7, 11) is 1.60. The molecule has 6 heteroatoms. The molecule has 0 amide bonds. The Morgan fingerprint density at radius 1 is 1.50 bits per heavy atom. The molecule has 0 radical (unpaired) electrons. The van der Waals surface area contributed by atoms with E-state index in [9.17, 15) is 4.79 Å². The highest BCUT2D eigenvalue weighted by Crippen LogP contribution is 2.36. The van der Waals surface area contributed by atoms with Gasteiger partial charge in [-0.25, -0.2) is 0 Å². The molecule has 0 aromatic heterocycles. The Bertz CT molecular complexity index is 501. The number of ether oxygens (including phenoxy) is 1. The van der Waals surface area contributed by atoms with E-state index in [-0.39, 0.29) is 6.42 Å². The smallest absolute Gasteiger partial charge is 0.320 e. The minimum atomic E-state index is -1.04. The Balaban J connectivity index is 2.29. The standard InChI is InChI=1S/C14H19ClN2O3/c1-20-13-7-9(6-11(16)14(18)19)10(15)8-12(13)17-4-2-3-5-17/h7-8,11H,2-6,16H2,1H3,(H,18,19). The van der Waals surface area contributed by atoms with Crippen LogP contribution in [0.15, 0.2) is 12.1 Å². The third kappa shape index (κ3) is 3.16. The minimum Gasteiger partial charge on any atom is -0.495 e. The molecule has 1 atom stereocenters. The number of halogens is 1. The second-order valence-corrected chi connectivity index (χ2v) is 5.37. The number of hydrogen-bond acceptors (Lipinski definition) is 4. The Morgan fingerprint density at radius 2 is 2.15 bits per heavy atom. The summed E-state index contributed by atoms with van der Waals surface area (Å²) in [6.07, 6.45) is 2.50. The number of nitrogens with zero attached hydrogens (tertiary/aromatic N) is 1. The van der Waals surface area contributed by atoms with Gasteiger partial charge in [0.05, 0.1) is 12.8 Å². The first-order valence-electron chi connectivity index (χ1n) is 6.62. The fourth-order valence-corrected chi connectivity index (χ4v) is 2.67. The van der Waals surface area contributed by atoms with Gasteiger partial charge in [-0.15, -0.1) is 0 Å². The SMILES string of the molecule is COc1cc(CC(N)C(=O)O)c(Cl)cc1N1CCCC1. The average Bonchev–Trinajstić information content (AvgIpc) is 2.94. The third-order valence-electron chi connectivity index (χ3n) is 3.55. The highest BCUT2D eigenvalue weighted by Gasteiger charge is 2.20. The lowest BCUT2D eigenvalue weighted by Crippen LogP contribution is -2.32. The van der Waals surface area contributed by atoms with Crippen LogP contribution in [0.2, 0.25) is 5.02 Å². The number of anilines is 1. The van der Waals surface area contributed by atoms with Crippen LogP contribution in [0.25, 0.3) is 0 Å². The van der Waals surface area contributed by atoms with Crippen LogP contribution in [0.3, 0.4) is 0 Å². The van der Waals surface area contributed by atoms with Gasteiger partial charge in [-0.3, -0.25) is 4.79 Å². The summed E-state index contributed by atoms with van der Waals surface area (Å²) < 4.78 is 5.41. The number of hydrogen-bond donors (Lipinski definition) is 2. The fourth-order valence-electron chi connectivity index (χ4n) is 2.43. The number of carbonyl (C=O) groups is 1.